The molecule has 1 aromatic carbocycles. The van der Waals surface area contributed by atoms with Crippen LogP contribution in [0.15, 0.2) is 24.3 Å². The van der Waals surface area contributed by atoms with Crippen LogP contribution in [-0.4, -0.2) is 13.1 Å². The molecule has 0 bridgehead atoms. The zero-order valence-electron chi connectivity index (χ0n) is 12.3. The van der Waals surface area contributed by atoms with Crippen LogP contribution in [0.4, 0.5) is 4.39 Å². The van der Waals surface area contributed by atoms with Crippen LogP contribution in [-0.2, 0) is 5.41 Å². The lowest BCUT2D eigenvalue weighted by Crippen LogP contribution is -2.44. The first kappa shape index (κ1) is 15.2. The van der Waals surface area contributed by atoms with E-state index < -0.39 is 0 Å². The highest BCUT2D eigenvalue weighted by Crippen LogP contribution is 2.31. The number of hydrogen-bond acceptors (Lipinski definition) is 1. The fourth-order valence-electron chi connectivity index (χ4n) is 2.42. The van der Waals surface area contributed by atoms with Crippen LogP contribution in [0.5, 0.6) is 0 Å². The van der Waals surface area contributed by atoms with E-state index in [0.717, 1.165) is 6.42 Å². The maximum Gasteiger partial charge on any atom is 0.123 e. The van der Waals surface area contributed by atoms with Crippen LogP contribution < -0.4 is 5.32 Å². The number of hydrogen-bond donors (Lipinski definition) is 1. The lowest BCUT2D eigenvalue weighted by molar-refractivity contribution is 0.297. The zero-order valence-corrected chi connectivity index (χ0v) is 12.3. The molecule has 18 heavy (non-hydrogen) atoms. The largest absolute Gasteiger partial charge is 0.316 e. The minimum absolute atomic E-state index is 0.00583. The van der Waals surface area contributed by atoms with Crippen molar-refractivity contribution in [3.05, 3.63) is 35.6 Å². The van der Waals surface area contributed by atoms with E-state index in [9.17, 15) is 4.39 Å². The van der Waals surface area contributed by atoms with Gasteiger partial charge in [0.1, 0.15) is 5.82 Å². The summed E-state index contributed by atoms with van der Waals surface area (Å²) in [5, 5.41) is 3.43. The second-order valence-corrected chi connectivity index (χ2v) is 5.82. The molecule has 2 atom stereocenters. The van der Waals surface area contributed by atoms with Gasteiger partial charge in [-0.15, -0.1) is 0 Å². The molecule has 102 valence electrons. The van der Waals surface area contributed by atoms with Crippen molar-refractivity contribution in [1.29, 1.82) is 0 Å². The van der Waals surface area contributed by atoms with E-state index in [1.807, 2.05) is 19.2 Å². The van der Waals surface area contributed by atoms with E-state index in [1.165, 1.54) is 12.0 Å². The smallest absolute Gasteiger partial charge is 0.123 e. The minimum atomic E-state index is -0.169. The molecule has 0 saturated heterocycles. The molecule has 0 saturated carbocycles. The van der Waals surface area contributed by atoms with E-state index >= 15 is 0 Å². The molecule has 2 heteroatoms. The molecule has 0 aliphatic rings. The summed E-state index contributed by atoms with van der Waals surface area (Å²) in [6.07, 6.45) is 2.33. The van der Waals surface area contributed by atoms with E-state index in [-0.39, 0.29) is 11.2 Å². The summed E-state index contributed by atoms with van der Waals surface area (Å²) < 4.78 is 13.0. The highest BCUT2D eigenvalue weighted by molar-refractivity contribution is 5.26. The van der Waals surface area contributed by atoms with Crippen LogP contribution in [0.3, 0.4) is 0 Å². The molecule has 2 unspecified atom stereocenters. The minimum Gasteiger partial charge on any atom is -0.316 e. The third-order valence-corrected chi connectivity index (χ3v) is 4.14. The van der Waals surface area contributed by atoms with Gasteiger partial charge in [0.25, 0.3) is 0 Å². The van der Waals surface area contributed by atoms with Gasteiger partial charge in [0.2, 0.25) is 0 Å². The number of rotatable bonds is 6. The van der Waals surface area contributed by atoms with Crippen molar-refractivity contribution in [2.24, 2.45) is 5.92 Å². The second kappa shape index (κ2) is 6.33. The Balaban J connectivity index is 2.91. The maximum atomic E-state index is 13.0. The molecule has 0 aliphatic carbocycles. The Bertz CT molecular complexity index is 356. The Morgan fingerprint density at radius 2 is 1.78 bits per heavy atom. The lowest BCUT2D eigenvalue weighted by Gasteiger charge is -2.36. The van der Waals surface area contributed by atoms with Gasteiger partial charge in [-0.2, -0.15) is 0 Å². The van der Waals surface area contributed by atoms with Gasteiger partial charge in [-0.05, 0) is 37.1 Å². The lowest BCUT2D eigenvalue weighted by atomic mass is 9.74. The summed E-state index contributed by atoms with van der Waals surface area (Å²) in [5.41, 5.74) is 1.19. The van der Waals surface area contributed by atoms with Gasteiger partial charge in [-0.1, -0.05) is 46.2 Å². The van der Waals surface area contributed by atoms with Gasteiger partial charge in [0.05, 0.1) is 0 Å². The average Bonchev–Trinajstić information content (AvgIpc) is 2.35. The number of halogens is 1. The fourth-order valence-corrected chi connectivity index (χ4v) is 2.42. The predicted octanol–water partition coefficient (Wildman–Crippen LogP) is 4.13. The quantitative estimate of drug-likeness (QED) is 0.801. The molecule has 0 heterocycles. The summed E-state index contributed by atoms with van der Waals surface area (Å²) in [5.74, 6) is 0.527. The van der Waals surface area contributed by atoms with Crippen molar-refractivity contribution in [3.8, 4) is 0 Å². The first-order valence-corrected chi connectivity index (χ1v) is 6.85. The first-order chi connectivity index (χ1) is 8.41. The van der Waals surface area contributed by atoms with Crippen LogP contribution in [0.2, 0.25) is 0 Å². The summed E-state index contributed by atoms with van der Waals surface area (Å²) in [4.78, 5) is 0. The van der Waals surface area contributed by atoms with Crippen molar-refractivity contribution < 1.29 is 4.39 Å². The Morgan fingerprint density at radius 3 is 2.22 bits per heavy atom. The molecule has 1 aromatic rings. The van der Waals surface area contributed by atoms with E-state index in [4.69, 9.17) is 0 Å². The first-order valence-electron chi connectivity index (χ1n) is 6.85. The van der Waals surface area contributed by atoms with Gasteiger partial charge >= 0.3 is 0 Å². The molecule has 0 amide bonds. The highest BCUT2D eigenvalue weighted by Gasteiger charge is 2.30. The summed E-state index contributed by atoms with van der Waals surface area (Å²) in [6, 6.07) is 7.30. The van der Waals surface area contributed by atoms with E-state index in [1.54, 1.807) is 12.1 Å². The van der Waals surface area contributed by atoms with Crippen LogP contribution in [0, 0.1) is 11.7 Å². The molecule has 1 N–H and O–H groups in total. The molecule has 0 aliphatic heterocycles. The highest BCUT2D eigenvalue weighted by atomic mass is 19.1. The van der Waals surface area contributed by atoms with Crippen molar-refractivity contribution in [1.82, 2.24) is 5.32 Å². The standard InChI is InChI=1S/C16H26FN/c1-6-12(2)11-15(18-5)16(3,4)13-7-9-14(17)10-8-13/h7-10,12,15,18H,6,11H2,1-5H3. The van der Waals surface area contributed by atoms with Crippen LogP contribution >= 0.6 is 0 Å². The van der Waals surface area contributed by atoms with Gasteiger partial charge in [-0.3, -0.25) is 0 Å². The van der Waals surface area contributed by atoms with E-state index in [2.05, 4.69) is 33.0 Å². The summed E-state index contributed by atoms with van der Waals surface area (Å²) in [7, 11) is 2.01. The molecule has 1 rings (SSSR count). The summed E-state index contributed by atoms with van der Waals surface area (Å²) in [6.45, 7) is 8.96. The third kappa shape index (κ3) is 3.55. The Labute approximate surface area is 111 Å². The van der Waals surface area contributed by atoms with Crippen molar-refractivity contribution in [2.75, 3.05) is 7.05 Å². The average molecular weight is 251 g/mol. The molecule has 0 spiro atoms. The van der Waals surface area contributed by atoms with Gasteiger partial charge < -0.3 is 5.32 Å². The number of nitrogens with one attached hydrogen (secondary N) is 1. The molecular formula is C16H26FN. The normalized spacial score (nSPS) is 15.4. The predicted molar refractivity (Wildman–Crippen MR) is 76.3 cm³/mol. The Morgan fingerprint density at radius 1 is 1.22 bits per heavy atom. The fraction of sp³-hybridized carbons (Fsp3) is 0.625. The third-order valence-electron chi connectivity index (χ3n) is 4.14. The van der Waals surface area contributed by atoms with Crippen molar-refractivity contribution >= 4 is 0 Å². The number of likely N-dealkylation sites (N-methyl/N-ethyl adjacent to an activating group) is 1. The molecule has 0 aromatic heterocycles. The van der Waals surface area contributed by atoms with Crippen molar-refractivity contribution in [3.63, 3.8) is 0 Å². The SMILES string of the molecule is CCC(C)CC(NC)C(C)(C)c1ccc(F)cc1. The van der Waals surface area contributed by atoms with Gasteiger partial charge in [0, 0.05) is 11.5 Å². The monoisotopic (exact) mass is 251 g/mol. The van der Waals surface area contributed by atoms with Gasteiger partial charge in [-0.25, -0.2) is 4.39 Å². The zero-order chi connectivity index (χ0) is 13.8. The van der Waals surface area contributed by atoms with Crippen LogP contribution in [0.25, 0.3) is 0 Å². The summed E-state index contributed by atoms with van der Waals surface area (Å²) >= 11 is 0. The topological polar surface area (TPSA) is 12.0 Å². The number of benzene rings is 1. The molecular weight excluding hydrogens is 225 g/mol. The van der Waals surface area contributed by atoms with Crippen molar-refractivity contribution in [2.45, 2.75) is 52.0 Å². The maximum absolute atomic E-state index is 13.0. The second-order valence-electron chi connectivity index (χ2n) is 5.82. The molecule has 1 nitrogen and oxygen atoms in total. The Kier molecular flexibility index (Phi) is 5.33. The van der Waals surface area contributed by atoms with Crippen LogP contribution in [0.1, 0.15) is 46.1 Å². The van der Waals surface area contributed by atoms with E-state index in [0.29, 0.717) is 12.0 Å². The van der Waals surface area contributed by atoms with Gasteiger partial charge in [0.15, 0.2) is 0 Å². The Hall–Kier alpha value is -0.890. The molecule has 0 fully saturated rings. The molecule has 0 radical (unpaired) electrons.